The zero-order valence-electron chi connectivity index (χ0n) is 12.0. The van der Waals surface area contributed by atoms with E-state index < -0.39 is 0 Å². The van der Waals surface area contributed by atoms with Gasteiger partial charge in [-0.25, -0.2) is 0 Å². The quantitative estimate of drug-likeness (QED) is 0.707. The van der Waals surface area contributed by atoms with Crippen molar-refractivity contribution in [2.75, 3.05) is 26.3 Å². The first kappa shape index (κ1) is 14.4. The molecular formula is C16H25NO2. The van der Waals surface area contributed by atoms with Gasteiger partial charge in [0.1, 0.15) is 5.75 Å². The Morgan fingerprint density at radius 3 is 2.74 bits per heavy atom. The van der Waals surface area contributed by atoms with E-state index in [1.807, 2.05) is 6.92 Å². The third-order valence-corrected chi connectivity index (χ3v) is 3.92. The number of aliphatic hydroxyl groups is 1. The molecule has 0 radical (unpaired) electrons. The smallest absolute Gasteiger partial charge is 0.122 e. The van der Waals surface area contributed by atoms with E-state index >= 15 is 0 Å². The molecule has 2 N–H and O–H groups in total. The molecule has 3 nitrogen and oxygen atoms in total. The van der Waals surface area contributed by atoms with Gasteiger partial charge in [0.25, 0.3) is 0 Å². The van der Waals surface area contributed by atoms with Crippen LogP contribution in [0.5, 0.6) is 5.75 Å². The van der Waals surface area contributed by atoms with E-state index in [0.29, 0.717) is 13.2 Å². The summed E-state index contributed by atoms with van der Waals surface area (Å²) in [4.78, 5) is 0. The highest BCUT2D eigenvalue weighted by molar-refractivity contribution is 5.36. The molecule has 106 valence electrons. The van der Waals surface area contributed by atoms with Crippen LogP contribution >= 0.6 is 0 Å². The highest BCUT2D eigenvalue weighted by atomic mass is 16.5. The molecule has 3 heteroatoms. The van der Waals surface area contributed by atoms with Crippen LogP contribution in [-0.4, -0.2) is 31.4 Å². The fourth-order valence-electron chi connectivity index (χ4n) is 2.34. The minimum Gasteiger partial charge on any atom is -0.494 e. The van der Waals surface area contributed by atoms with Gasteiger partial charge in [0.2, 0.25) is 0 Å². The van der Waals surface area contributed by atoms with Gasteiger partial charge in [-0.2, -0.15) is 0 Å². The average molecular weight is 263 g/mol. The highest BCUT2D eigenvalue weighted by Crippen LogP contribution is 2.44. The Bertz CT molecular complexity index is 413. The normalized spacial score (nSPS) is 16.4. The van der Waals surface area contributed by atoms with E-state index in [2.05, 4.69) is 30.4 Å². The van der Waals surface area contributed by atoms with Crippen LogP contribution in [0, 0.1) is 12.3 Å². The number of nitrogens with one attached hydrogen (secondary N) is 1. The lowest BCUT2D eigenvalue weighted by atomic mass is 10.1. The van der Waals surface area contributed by atoms with Crippen LogP contribution in [0.1, 0.15) is 30.9 Å². The molecule has 0 bridgehead atoms. The molecule has 0 aromatic heterocycles. The van der Waals surface area contributed by atoms with Crippen LogP contribution in [-0.2, 0) is 6.42 Å². The van der Waals surface area contributed by atoms with Gasteiger partial charge in [-0.05, 0) is 56.8 Å². The molecule has 0 atom stereocenters. The predicted molar refractivity (Wildman–Crippen MR) is 77.7 cm³/mol. The number of aliphatic hydroxyl groups excluding tert-OH is 1. The lowest BCUT2D eigenvalue weighted by Crippen LogP contribution is -2.28. The second-order valence-electron chi connectivity index (χ2n) is 5.62. The zero-order chi connectivity index (χ0) is 13.7. The van der Waals surface area contributed by atoms with E-state index in [-0.39, 0.29) is 5.41 Å². The van der Waals surface area contributed by atoms with Gasteiger partial charge in [-0.3, -0.25) is 0 Å². The maximum Gasteiger partial charge on any atom is 0.122 e. The van der Waals surface area contributed by atoms with Crippen molar-refractivity contribution in [3.05, 3.63) is 29.3 Å². The Balaban J connectivity index is 1.75. The number of aryl methyl sites for hydroxylation is 1. The molecule has 1 aliphatic rings. The van der Waals surface area contributed by atoms with Gasteiger partial charge in [0.15, 0.2) is 0 Å². The van der Waals surface area contributed by atoms with Crippen LogP contribution in [0.3, 0.4) is 0 Å². The lowest BCUT2D eigenvalue weighted by molar-refractivity contribution is 0.208. The van der Waals surface area contributed by atoms with Crippen LogP contribution in [0.2, 0.25) is 0 Å². The third kappa shape index (κ3) is 3.95. The van der Waals surface area contributed by atoms with Gasteiger partial charge < -0.3 is 15.2 Å². The molecular weight excluding hydrogens is 238 g/mol. The summed E-state index contributed by atoms with van der Waals surface area (Å²) < 4.78 is 5.54. The van der Waals surface area contributed by atoms with Gasteiger partial charge in [0, 0.05) is 18.6 Å². The van der Waals surface area contributed by atoms with Crippen molar-refractivity contribution in [1.29, 1.82) is 0 Å². The summed E-state index contributed by atoms with van der Waals surface area (Å²) in [6, 6.07) is 6.40. The van der Waals surface area contributed by atoms with Gasteiger partial charge in [-0.15, -0.1) is 0 Å². The summed E-state index contributed by atoms with van der Waals surface area (Å²) in [5, 5.41) is 12.7. The summed E-state index contributed by atoms with van der Waals surface area (Å²) >= 11 is 0. The predicted octanol–water partition coefficient (Wildman–Crippen LogP) is 2.30. The fourth-order valence-corrected chi connectivity index (χ4v) is 2.34. The number of ether oxygens (including phenoxy) is 1. The van der Waals surface area contributed by atoms with E-state index in [0.717, 1.165) is 25.3 Å². The van der Waals surface area contributed by atoms with Gasteiger partial charge in [0.05, 0.1) is 6.61 Å². The minimum absolute atomic E-state index is 0.203. The van der Waals surface area contributed by atoms with E-state index in [1.165, 1.54) is 24.0 Å². The second kappa shape index (κ2) is 6.40. The first-order valence-corrected chi connectivity index (χ1v) is 7.23. The van der Waals surface area contributed by atoms with Crippen molar-refractivity contribution in [3.8, 4) is 5.75 Å². The van der Waals surface area contributed by atoms with Crippen molar-refractivity contribution in [1.82, 2.24) is 5.32 Å². The fraction of sp³-hybridized carbons (Fsp3) is 0.625. The Morgan fingerprint density at radius 1 is 1.37 bits per heavy atom. The summed E-state index contributed by atoms with van der Waals surface area (Å²) in [5.74, 6) is 0.983. The molecule has 2 rings (SSSR count). The first-order chi connectivity index (χ1) is 9.19. The van der Waals surface area contributed by atoms with Crippen LogP contribution in [0.4, 0.5) is 0 Å². The van der Waals surface area contributed by atoms with Crippen molar-refractivity contribution < 1.29 is 9.84 Å². The topological polar surface area (TPSA) is 41.5 Å². The Labute approximate surface area is 116 Å². The molecule has 19 heavy (non-hydrogen) atoms. The summed E-state index contributed by atoms with van der Waals surface area (Å²) in [6.45, 7) is 7.04. The molecule has 0 amide bonds. The summed E-state index contributed by atoms with van der Waals surface area (Å²) in [6.07, 6.45) is 3.35. The average Bonchev–Trinajstić information content (AvgIpc) is 3.19. The number of hydrogen-bond donors (Lipinski definition) is 2. The number of benzene rings is 1. The SMILES string of the molecule is CCOc1ccc(CCNCC2(CO)CC2)cc1C. The zero-order valence-corrected chi connectivity index (χ0v) is 12.0. The number of hydrogen-bond acceptors (Lipinski definition) is 3. The molecule has 1 aliphatic carbocycles. The van der Waals surface area contributed by atoms with Gasteiger partial charge >= 0.3 is 0 Å². The third-order valence-electron chi connectivity index (χ3n) is 3.92. The molecule has 0 heterocycles. The molecule has 1 aromatic carbocycles. The number of rotatable bonds is 8. The van der Waals surface area contributed by atoms with Crippen molar-refractivity contribution in [2.24, 2.45) is 5.41 Å². The second-order valence-corrected chi connectivity index (χ2v) is 5.62. The lowest BCUT2D eigenvalue weighted by Gasteiger charge is -2.13. The van der Waals surface area contributed by atoms with Crippen molar-refractivity contribution >= 4 is 0 Å². The Hall–Kier alpha value is -1.06. The first-order valence-electron chi connectivity index (χ1n) is 7.23. The van der Waals surface area contributed by atoms with Crippen molar-refractivity contribution in [3.63, 3.8) is 0 Å². The molecule has 0 aliphatic heterocycles. The monoisotopic (exact) mass is 263 g/mol. The van der Waals surface area contributed by atoms with Gasteiger partial charge in [-0.1, -0.05) is 12.1 Å². The van der Waals surface area contributed by atoms with Crippen LogP contribution in [0.25, 0.3) is 0 Å². The largest absolute Gasteiger partial charge is 0.494 e. The molecule has 0 spiro atoms. The van der Waals surface area contributed by atoms with Crippen molar-refractivity contribution in [2.45, 2.75) is 33.1 Å². The summed E-state index contributed by atoms with van der Waals surface area (Å²) in [5.41, 5.74) is 2.74. The maximum absolute atomic E-state index is 9.24. The van der Waals surface area contributed by atoms with E-state index in [4.69, 9.17) is 4.74 Å². The summed E-state index contributed by atoms with van der Waals surface area (Å²) in [7, 11) is 0. The van der Waals surface area contributed by atoms with Crippen LogP contribution < -0.4 is 10.1 Å². The molecule has 1 saturated carbocycles. The molecule has 0 unspecified atom stereocenters. The van der Waals surface area contributed by atoms with E-state index in [9.17, 15) is 5.11 Å². The Morgan fingerprint density at radius 2 is 2.16 bits per heavy atom. The molecule has 0 saturated heterocycles. The maximum atomic E-state index is 9.24. The highest BCUT2D eigenvalue weighted by Gasteiger charge is 2.41. The standard InChI is InChI=1S/C16H25NO2/c1-3-19-15-5-4-14(10-13(15)2)6-9-17-11-16(12-18)7-8-16/h4-5,10,17-18H,3,6-9,11-12H2,1-2H3. The van der Waals surface area contributed by atoms with E-state index in [1.54, 1.807) is 0 Å². The van der Waals surface area contributed by atoms with Crippen LogP contribution in [0.15, 0.2) is 18.2 Å². The molecule has 1 aromatic rings. The minimum atomic E-state index is 0.203. The molecule has 1 fully saturated rings. The Kier molecular flexibility index (Phi) is 4.83.